The highest BCUT2D eigenvalue weighted by Gasteiger charge is 2.08. The Hall–Kier alpha value is -2.18. The lowest BCUT2D eigenvalue weighted by molar-refractivity contribution is -0.123. The van der Waals surface area contributed by atoms with Crippen molar-refractivity contribution >= 4 is 44.3 Å². The molecule has 0 spiro atoms. The number of halogens is 2. The summed E-state index contributed by atoms with van der Waals surface area (Å²) in [6.45, 7) is 0.430. The van der Waals surface area contributed by atoms with Crippen molar-refractivity contribution in [3.63, 3.8) is 0 Å². The number of carbonyl (C=O) groups is 1. The molecule has 0 atom stereocenters. The fourth-order valence-electron chi connectivity index (χ4n) is 2.30. The zero-order valence-corrected chi connectivity index (χ0v) is 15.5. The molecule has 2 aromatic carbocycles. The first kappa shape index (κ1) is 17.6. The topological polar surface area (TPSA) is 64.1 Å². The molecule has 1 N–H and O–H groups in total. The predicted octanol–water partition coefficient (Wildman–Crippen LogP) is 3.78. The zero-order valence-electron chi connectivity index (χ0n) is 13.2. The molecule has 0 saturated heterocycles. The number of ether oxygens (including phenoxy) is 1. The first-order valence-electron chi connectivity index (χ1n) is 7.66. The second kappa shape index (κ2) is 8.27. The number of nitrogens with zero attached hydrogens (tertiary/aromatic N) is 2. The van der Waals surface area contributed by atoms with Crippen LogP contribution in [0.5, 0.6) is 5.88 Å². The summed E-state index contributed by atoms with van der Waals surface area (Å²) in [5.74, 6) is 0.190. The summed E-state index contributed by atoms with van der Waals surface area (Å²) in [6, 6.07) is 13.2. The van der Waals surface area contributed by atoms with Gasteiger partial charge in [0.25, 0.3) is 5.91 Å². The third-order valence-corrected chi connectivity index (χ3v) is 4.30. The molecule has 3 aromatic rings. The standard InChI is InChI=1S/C18H15BrClN3O2/c19-13-3-6-16-15(9-13)18(23-11-22-16)25-10-17(24)21-8-7-12-1-4-14(20)5-2-12/h1-6,9,11H,7-8,10H2,(H,21,24). The molecule has 3 rings (SSSR count). The van der Waals surface area contributed by atoms with E-state index in [9.17, 15) is 4.79 Å². The lowest BCUT2D eigenvalue weighted by atomic mass is 10.1. The monoisotopic (exact) mass is 419 g/mol. The van der Waals surface area contributed by atoms with E-state index in [1.165, 1.54) is 6.33 Å². The van der Waals surface area contributed by atoms with E-state index in [-0.39, 0.29) is 12.5 Å². The van der Waals surface area contributed by atoms with Crippen LogP contribution in [-0.4, -0.2) is 29.0 Å². The lowest BCUT2D eigenvalue weighted by Gasteiger charge is -2.09. The van der Waals surface area contributed by atoms with Crippen LogP contribution >= 0.6 is 27.5 Å². The van der Waals surface area contributed by atoms with Gasteiger partial charge in [0.05, 0.1) is 10.9 Å². The SMILES string of the molecule is O=C(COc1ncnc2ccc(Br)cc12)NCCc1ccc(Cl)cc1. The fraction of sp³-hybridized carbons (Fsp3) is 0.167. The molecule has 0 aliphatic carbocycles. The van der Waals surface area contributed by atoms with E-state index < -0.39 is 0 Å². The van der Waals surface area contributed by atoms with Gasteiger partial charge in [-0.2, -0.15) is 0 Å². The minimum Gasteiger partial charge on any atom is -0.467 e. The van der Waals surface area contributed by atoms with Crippen molar-refractivity contribution in [3.8, 4) is 5.88 Å². The quantitative estimate of drug-likeness (QED) is 0.659. The minimum atomic E-state index is -0.198. The number of hydrogen-bond donors (Lipinski definition) is 1. The van der Waals surface area contributed by atoms with Crippen molar-refractivity contribution < 1.29 is 9.53 Å². The van der Waals surface area contributed by atoms with Crippen molar-refractivity contribution in [3.05, 3.63) is 63.9 Å². The molecule has 1 aromatic heterocycles. The first-order valence-corrected chi connectivity index (χ1v) is 8.83. The van der Waals surface area contributed by atoms with Crippen LogP contribution in [-0.2, 0) is 11.2 Å². The lowest BCUT2D eigenvalue weighted by Crippen LogP contribution is -2.30. The molecule has 128 valence electrons. The molecule has 0 radical (unpaired) electrons. The van der Waals surface area contributed by atoms with Crippen LogP contribution in [0.3, 0.4) is 0 Å². The van der Waals surface area contributed by atoms with E-state index in [1.54, 1.807) is 0 Å². The van der Waals surface area contributed by atoms with Crippen molar-refractivity contribution in [2.45, 2.75) is 6.42 Å². The van der Waals surface area contributed by atoms with E-state index in [2.05, 4.69) is 31.2 Å². The Bertz CT molecular complexity index is 887. The van der Waals surface area contributed by atoms with E-state index in [4.69, 9.17) is 16.3 Å². The molecular formula is C18H15BrClN3O2. The normalized spacial score (nSPS) is 10.6. The molecule has 25 heavy (non-hydrogen) atoms. The Balaban J connectivity index is 1.52. The van der Waals surface area contributed by atoms with Crippen LogP contribution in [0, 0.1) is 0 Å². The highest BCUT2D eigenvalue weighted by molar-refractivity contribution is 9.10. The number of rotatable bonds is 6. The number of fused-ring (bicyclic) bond motifs is 1. The van der Waals surface area contributed by atoms with Crippen LogP contribution < -0.4 is 10.1 Å². The van der Waals surface area contributed by atoms with Crippen LogP contribution in [0.25, 0.3) is 10.9 Å². The van der Waals surface area contributed by atoms with Crippen molar-refractivity contribution in [1.29, 1.82) is 0 Å². The van der Waals surface area contributed by atoms with Gasteiger partial charge < -0.3 is 10.1 Å². The Kier molecular flexibility index (Phi) is 5.83. The highest BCUT2D eigenvalue weighted by atomic mass is 79.9. The summed E-state index contributed by atoms with van der Waals surface area (Å²) >= 11 is 9.26. The predicted molar refractivity (Wildman–Crippen MR) is 101 cm³/mol. The average Bonchev–Trinajstić information content (AvgIpc) is 2.61. The molecular weight excluding hydrogens is 406 g/mol. The molecule has 1 heterocycles. The molecule has 5 nitrogen and oxygen atoms in total. The Morgan fingerprint density at radius 2 is 1.96 bits per heavy atom. The average molecular weight is 421 g/mol. The van der Waals surface area contributed by atoms with Crippen molar-refractivity contribution in [2.24, 2.45) is 0 Å². The van der Waals surface area contributed by atoms with Gasteiger partial charge in [0.2, 0.25) is 5.88 Å². The zero-order chi connectivity index (χ0) is 17.6. The van der Waals surface area contributed by atoms with Crippen molar-refractivity contribution in [1.82, 2.24) is 15.3 Å². The number of carbonyl (C=O) groups excluding carboxylic acids is 1. The Labute approximate surface area is 158 Å². The molecule has 0 aliphatic rings. The van der Waals surface area contributed by atoms with Gasteiger partial charge in [-0.05, 0) is 42.3 Å². The summed E-state index contributed by atoms with van der Waals surface area (Å²) in [5.41, 5.74) is 1.87. The van der Waals surface area contributed by atoms with Gasteiger partial charge in [0, 0.05) is 16.0 Å². The third-order valence-electron chi connectivity index (χ3n) is 3.55. The van der Waals surface area contributed by atoms with Gasteiger partial charge in [-0.3, -0.25) is 4.79 Å². The van der Waals surface area contributed by atoms with Crippen LogP contribution in [0.4, 0.5) is 0 Å². The first-order chi connectivity index (χ1) is 12.1. The van der Waals surface area contributed by atoms with E-state index in [0.29, 0.717) is 17.4 Å². The van der Waals surface area contributed by atoms with Gasteiger partial charge in [0.15, 0.2) is 6.61 Å². The van der Waals surface area contributed by atoms with Crippen LogP contribution in [0.2, 0.25) is 5.02 Å². The van der Waals surface area contributed by atoms with Gasteiger partial charge in [-0.15, -0.1) is 0 Å². The maximum atomic E-state index is 12.0. The van der Waals surface area contributed by atoms with Gasteiger partial charge in [-0.25, -0.2) is 9.97 Å². The number of nitrogens with one attached hydrogen (secondary N) is 1. The molecule has 0 aliphatic heterocycles. The third kappa shape index (κ3) is 4.90. The molecule has 7 heteroatoms. The molecule has 1 amide bonds. The smallest absolute Gasteiger partial charge is 0.258 e. The second-order valence-corrected chi connectivity index (χ2v) is 6.71. The van der Waals surface area contributed by atoms with Gasteiger partial charge >= 0.3 is 0 Å². The molecule has 0 unspecified atom stereocenters. The Morgan fingerprint density at radius 1 is 1.16 bits per heavy atom. The number of aromatic nitrogens is 2. The highest BCUT2D eigenvalue weighted by Crippen LogP contribution is 2.24. The minimum absolute atomic E-state index is 0.0980. The van der Waals surface area contributed by atoms with Crippen LogP contribution in [0.1, 0.15) is 5.56 Å². The number of amides is 1. The summed E-state index contributed by atoms with van der Waals surface area (Å²) in [7, 11) is 0. The van der Waals surface area contributed by atoms with Gasteiger partial charge in [0.1, 0.15) is 6.33 Å². The molecule has 0 bridgehead atoms. The maximum Gasteiger partial charge on any atom is 0.258 e. The van der Waals surface area contributed by atoms with Crippen LogP contribution in [0.15, 0.2) is 53.3 Å². The number of hydrogen-bond acceptors (Lipinski definition) is 4. The summed E-state index contributed by atoms with van der Waals surface area (Å²) in [6.07, 6.45) is 2.15. The second-order valence-electron chi connectivity index (χ2n) is 5.36. The fourth-order valence-corrected chi connectivity index (χ4v) is 2.79. The Morgan fingerprint density at radius 3 is 2.76 bits per heavy atom. The van der Waals surface area contributed by atoms with Gasteiger partial charge in [-0.1, -0.05) is 39.7 Å². The molecule has 0 saturated carbocycles. The van der Waals surface area contributed by atoms with E-state index in [0.717, 1.165) is 27.4 Å². The van der Waals surface area contributed by atoms with E-state index in [1.807, 2.05) is 42.5 Å². The summed E-state index contributed by atoms with van der Waals surface area (Å²) in [5, 5.41) is 4.28. The summed E-state index contributed by atoms with van der Waals surface area (Å²) in [4.78, 5) is 20.2. The summed E-state index contributed by atoms with van der Waals surface area (Å²) < 4.78 is 6.45. The molecule has 0 fully saturated rings. The number of benzene rings is 2. The van der Waals surface area contributed by atoms with E-state index >= 15 is 0 Å². The maximum absolute atomic E-state index is 12.0. The van der Waals surface area contributed by atoms with Crippen molar-refractivity contribution in [2.75, 3.05) is 13.2 Å². The largest absolute Gasteiger partial charge is 0.467 e.